The van der Waals surface area contributed by atoms with E-state index in [4.69, 9.17) is 4.74 Å². The Labute approximate surface area is 239 Å². The van der Waals surface area contributed by atoms with Crippen molar-refractivity contribution < 1.29 is 29.0 Å². The van der Waals surface area contributed by atoms with Crippen molar-refractivity contribution >= 4 is 23.8 Å². The van der Waals surface area contributed by atoms with Crippen molar-refractivity contribution in [3.63, 3.8) is 0 Å². The number of hydrogen-bond donors (Lipinski definition) is 4. The van der Waals surface area contributed by atoms with Gasteiger partial charge in [0.15, 0.2) is 6.10 Å². The van der Waals surface area contributed by atoms with E-state index in [1.807, 2.05) is 60.7 Å². The molecule has 0 bridgehead atoms. The maximum Gasteiger partial charge on any atom is 0.410 e. The molecule has 4 N–H and O–H groups in total. The van der Waals surface area contributed by atoms with Crippen molar-refractivity contribution in [3.8, 4) is 0 Å². The number of ether oxygens (including phenoxy) is 1. The molecule has 0 spiro atoms. The number of nitrogens with one attached hydrogen (secondary N) is 3. The summed E-state index contributed by atoms with van der Waals surface area (Å²) >= 11 is 0. The minimum atomic E-state index is -1.57. The van der Waals surface area contributed by atoms with Crippen LogP contribution in [0, 0.1) is 17.8 Å². The molecule has 0 radical (unpaired) electrons. The highest BCUT2D eigenvalue weighted by Gasteiger charge is 2.47. The molecular formula is C31H38N4O6. The topological polar surface area (TPSA) is 137 Å². The van der Waals surface area contributed by atoms with Crippen LogP contribution in [0.25, 0.3) is 0 Å². The van der Waals surface area contributed by atoms with Crippen molar-refractivity contribution in [1.82, 2.24) is 20.9 Å². The summed E-state index contributed by atoms with van der Waals surface area (Å²) in [6, 6.07) is 16.8. The average Bonchev–Trinajstić information content (AvgIpc) is 3.62. The number of aliphatic hydroxyl groups is 1. The summed E-state index contributed by atoms with van der Waals surface area (Å²) in [6.07, 6.45) is 1.16. The summed E-state index contributed by atoms with van der Waals surface area (Å²) < 4.78 is 5.57. The number of carbonyl (C=O) groups is 4. The predicted molar refractivity (Wildman–Crippen MR) is 150 cm³/mol. The van der Waals surface area contributed by atoms with E-state index in [0.29, 0.717) is 31.8 Å². The number of nitrogens with zero attached hydrogens (tertiary/aromatic N) is 1. The molecule has 2 aromatic carbocycles. The molecule has 4 amide bonds. The zero-order chi connectivity index (χ0) is 28.8. The third kappa shape index (κ3) is 7.43. The molecular weight excluding hydrogens is 524 g/mol. The zero-order valence-electron chi connectivity index (χ0n) is 23.0. The SMILES string of the molecule is O=C(NCc1ccccc1)C(O)[C@H](C[C@@H]1CCNC1=O)NC(=O)[C@@H]1C[C@@H](C2CC2)CN1C(=O)OCc1ccccc1. The smallest absolute Gasteiger partial charge is 0.410 e. The highest BCUT2D eigenvalue weighted by Crippen LogP contribution is 2.43. The molecule has 10 nitrogen and oxygen atoms in total. The van der Waals surface area contributed by atoms with Gasteiger partial charge < -0.3 is 25.8 Å². The first-order chi connectivity index (χ1) is 19.9. The van der Waals surface area contributed by atoms with Crippen molar-refractivity contribution in [2.24, 2.45) is 17.8 Å². The number of amides is 4. The first-order valence-corrected chi connectivity index (χ1v) is 14.4. The lowest BCUT2D eigenvalue weighted by molar-refractivity contribution is -0.134. The van der Waals surface area contributed by atoms with Crippen LogP contribution < -0.4 is 16.0 Å². The van der Waals surface area contributed by atoms with Crippen LogP contribution in [0.5, 0.6) is 0 Å². The summed E-state index contributed by atoms with van der Waals surface area (Å²) in [6.45, 7) is 1.24. The van der Waals surface area contributed by atoms with E-state index in [1.54, 1.807) is 0 Å². The molecule has 2 aliphatic heterocycles. The molecule has 5 rings (SSSR count). The third-order valence-electron chi connectivity index (χ3n) is 8.35. The molecule has 0 aromatic heterocycles. The van der Waals surface area contributed by atoms with Crippen LogP contribution in [0.1, 0.15) is 43.2 Å². The highest BCUT2D eigenvalue weighted by atomic mass is 16.6. The fraction of sp³-hybridized carbons (Fsp3) is 0.484. The van der Waals surface area contributed by atoms with Gasteiger partial charge in [0.05, 0.1) is 6.04 Å². The van der Waals surface area contributed by atoms with Gasteiger partial charge in [-0.3, -0.25) is 19.3 Å². The van der Waals surface area contributed by atoms with Crippen molar-refractivity contribution in [3.05, 3.63) is 71.8 Å². The first-order valence-electron chi connectivity index (χ1n) is 14.4. The van der Waals surface area contributed by atoms with E-state index in [1.165, 1.54) is 4.90 Å². The Bertz CT molecular complexity index is 1220. The highest BCUT2D eigenvalue weighted by molar-refractivity contribution is 5.88. The Kier molecular flexibility index (Phi) is 9.18. The molecule has 5 atom stereocenters. The van der Waals surface area contributed by atoms with Crippen LogP contribution in [0.3, 0.4) is 0 Å². The summed E-state index contributed by atoms with van der Waals surface area (Å²) in [5.41, 5.74) is 1.71. The first kappa shape index (κ1) is 28.6. The van der Waals surface area contributed by atoms with Gasteiger partial charge in [0.2, 0.25) is 11.8 Å². The maximum atomic E-state index is 13.7. The monoisotopic (exact) mass is 562 g/mol. The summed E-state index contributed by atoms with van der Waals surface area (Å²) in [5, 5.41) is 19.4. The van der Waals surface area contributed by atoms with E-state index in [-0.39, 0.29) is 31.4 Å². The minimum absolute atomic E-state index is 0.0956. The van der Waals surface area contributed by atoms with Crippen LogP contribution >= 0.6 is 0 Å². The van der Waals surface area contributed by atoms with Gasteiger partial charge in [-0.05, 0) is 55.1 Å². The second-order valence-corrected chi connectivity index (χ2v) is 11.3. The van der Waals surface area contributed by atoms with E-state index < -0.39 is 42.0 Å². The number of rotatable bonds is 11. The molecule has 41 heavy (non-hydrogen) atoms. The fourth-order valence-corrected chi connectivity index (χ4v) is 5.82. The van der Waals surface area contributed by atoms with Gasteiger partial charge >= 0.3 is 6.09 Å². The molecule has 1 aliphatic carbocycles. The molecule has 2 saturated heterocycles. The Balaban J connectivity index is 1.26. The van der Waals surface area contributed by atoms with E-state index in [9.17, 15) is 24.3 Å². The lowest BCUT2D eigenvalue weighted by atomic mass is 9.93. The van der Waals surface area contributed by atoms with Crippen LogP contribution in [0.15, 0.2) is 60.7 Å². The molecule has 10 heteroatoms. The molecule has 2 heterocycles. The molecule has 3 fully saturated rings. The van der Waals surface area contributed by atoms with Gasteiger partial charge in [-0.15, -0.1) is 0 Å². The van der Waals surface area contributed by atoms with Crippen LogP contribution in [0.2, 0.25) is 0 Å². The quantitative estimate of drug-likeness (QED) is 0.331. The standard InChI is InChI=1S/C31H38N4O6/c36-27(30(39)33-17-20-7-3-1-4-8-20)25(15-23-13-14-32-28(23)37)34-29(38)26-16-24(22-11-12-22)18-35(26)31(40)41-19-21-9-5-2-6-10-21/h1-10,22-27,36H,11-19H2,(H,32,37)(H,33,39)(H,34,38)/t23-,24+,25-,26-,27?/m0/s1. The van der Waals surface area contributed by atoms with Gasteiger partial charge in [-0.25, -0.2) is 4.79 Å². The lowest BCUT2D eigenvalue weighted by Crippen LogP contribution is -2.55. The molecule has 1 unspecified atom stereocenters. The molecule has 1 saturated carbocycles. The Morgan fingerprint density at radius 2 is 1.66 bits per heavy atom. The maximum absolute atomic E-state index is 13.7. The van der Waals surface area contributed by atoms with Crippen molar-refractivity contribution in [2.45, 2.75) is 63.4 Å². The molecule has 218 valence electrons. The second-order valence-electron chi connectivity index (χ2n) is 11.3. The average molecular weight is 563 g/mol. The number of carbonyl (C=O) groups excluding carboxylic acids is 4. The zero-order valence-corrected chi connectivity index (χ0v) is 23.0. The number of hydrogen-bond acceptors (Lipinski definition) is 6. The number of likely N-dealkylation sites (tertiary alicyclic amines) is 1. The van der Waals surface area contributed by atoms with Gasteiger partial charge in [0, 0.05) is 25.6 Å². The predicted octanol–water partition coefficient (Wildman–Crippen LogP) is 2.11. The van der Waals surface area contributed by atoms with Crippen LogP contribution in [-0.2, 0) is 32.3 Å². The van der Waals surface area contributed by atoms with Gasteiger partial charge in [-0.2, -0.15) is 0 Å². The third-order valence-corrected chi connectivity index (χ3v) is 8.35. The number of aliphatic hydroxyl groups excluding tert-OH is 1. The summed E-state index contributed by atoms with van der Waals surface area (Å²) in [7, 11) is 0. The van der Waals surface area contributed by atoms with Crippen LogP contribution in [-0.4, -0.2) is 65.1 Å². The Hall–Kier alpha value is -3.92. The van der Waals surface area contributed by atoms with E-state index in [2.05, 4.69) is 16.0 Å². The Morgan fingerprint density at radius 3 is 2.29 bits per heavy atom. The Morgan fingerprint density at radius 1 is 0.976 bits per heavy atom. The summed E-state index contributed by atoms with van der Waals surface area (Å²) in [5.74, 6) is -1.03. The normalized spacial score (nSPS) is 23.4. The van der Waals surface area contributed by atoms with Crippen molar-refractivity contribution in [2.75, 3.05) is 13.1 Å². The van der Waals surface area contributed by atoms with Crippen molar-refractivity contribution in [1.29, 1.82) is 0 Å². The van der Waals surface area contributed by atoms with Gasteiger partial charge in [0.25, 0.3) is 5.91 Å². The van der Waals surface area contributed by atoms with Crippen LogP contribution in [0.4, 0.5) is 4.79 Å². The largest absolute Gasteiger partial charge is 0.445 e. The van der Waals surface area contributed by atoms with E-state index >= 15 is 0 Å². The minimum Gasteiger partial charge on any atom is -0.445 e. The fourth-order valence-electron chi connectivity index (χ4n) is 5.82. The molecule has 2 aromatic rings. The van der Waals surface area contributed by atoms with Gasteiger partial charge in [-0.1, -0.05) is 60.7 Å². The van der Waals surface area contributed by atoms with E-state index in [0.717, 1.165) is 24.0 Å². The number of benzene rings is 2. The lowest BCUT2D eigenvalue weighted by Gasteiger charge is -2.29. The van der Waals surface area contributed by atoms with Gasteiger partial charge in [0.1, 0.15) is 12.6 Å². The second kappa shape index (κ2) is 13.2. The summed E-state index contributed by atoms with van der Waals surface area (Å²) in [4.78, 5) is 53.6. The molecule has 3 aliphatic rings.